The van der Waals surface area contributed by atoms with Gasteiger partial charge in [0.2, 0.25) is 0 Å². The van der Waals surface area contributed by atoms with Crippen LogP contribution in [0.2, 0.25) is 0 Å². The molecule has 0 unspecified atom stereocenters. The fraction of sp³-hybridized carbons (Fsp3) is 0. The Morgan fingerprint density at radius 3 is 0.615 bits per heavy atom. The van der Waals surface area contributed by atoms with Crippen LogP contribution in [0, 0.1) is 0 Å². The standard InChI is InChI=1S/2BO3.2Be.Ca.FH.Na/c2*2-1(3)4;;;;;/h;;;;;1H;/q2*-3;3*+2;;+1/p-1. The van der Waals surface area contributed by atoms with Crippen LogP contribution in [-0.2, 0) is 0 Å². The van der Waals surface area contributed by atoms with Gasteiger partial charge in [0.1, 0.15) is 0 Å². The van der Waals surface area contributed by atoms with Crippen molar-refractivity contribution < 1.29 is 64.4 Å². The van der Waals surface area contributed by atoms with Crippen LogP contribution in [-0.4, -0.2) is 72.6 Å². The van der Waals surface area contributed by atoms with Gasteiger partial charge in [-0.3, -0.25) is 14.6 Å². The fourth-order valence-corrected chi connectivity index (χ4v) is 0. The first-order valence-electron chi connectivity index (χ1n) is 1.41. The molecule has 0 aromatic heterocycles. The molecular weight excluding hydrogens is 218 g/mol. The second-order valence-corrected chi connectivity index (χ2v) is 0.577. The van der Waals surface area contributed by atoms with Crippen molar-refractivity contribution in [2.24, 2.45) is 0 Å². The Kier molecular flexibility index (Phi) is 127. The Hall–Kier alpha value is 2.42. The van der Waals surface area contributed by atoms with Crippen molar-refractivity contribution in [1.82, 2.24) is 0 Å². The van der Waals surface area contributed by atoms with Crippen LogP contribution in [0.15, 0.2) is 0 Å². The maximum atomic E-state index is 8.42. The van der Waals surface area contributed by atoms with Crippen molar-refractivity contribution in [1.29, 1.82) is 0 Å². The van der Waals surface area contributed by atoms with Crippen LogP contribution in [0.5, 0.6) is 0 Å². The summed E-state index contributed by atoms with van der Waals surface area (Å²) < 4.78 is 0. The molecule has 6 nitrogen and oxygen atoms in total. The molecule has 0 aliphatic rings. The molecule has 0 aliphatic heterocycles. The molecule has 0 heterocycles. The van der Waals surface area contributed by atoms with Crippen molar-refractivity contribution in [3.05, 3.63) is 0 Å². The van der Waals surface area contributed by atoms with Gasteiger partial charge in [0.25, 0.3) is 0 Å². The maximum absolute atomic E-state index is 8.42. The average Bonchev–Trinajstić information content (AvgIpc) is 1.25. The molecule has 0 amide bonds. The normalized spacial score (nSPS) is 4.15. The van der Waals surface area contributed by atoms with E-state index < -0.39 is 14.6 Å². The monoisotopic (exact) mass is 218 g/mol. The summed E-state index contributed by atoms with van der Waals surface area (Å²) in [6.07, 6.45) is 0. The summed E-state index contributed by atoms with van der Waals surface area (Å²) in [5, 5.41) is 50.5. The Bertz CT molecular complexity index is 44.1. The van der Waals surface area contributed by atoms with Crippen LogP contribution >= 0.6 is 0 Å². The maximum Gasteiger partial charge on any atom is 2.00 e. The Morgan fingerprint density at radius 2 is 0.615 bits per heavy atom. The van der Waals surface area contributed by atoms with Crippen molar-refractivity contribution in [3.8, 4) is 0 Å². The molecule has 0 atom stereocenters. The van der Waals surface area contributed by atoms with E-state index in [4.69, 9.17) is 30.1 Å². The van der Waals surface area contributed by atoms with Gasteiger partial charge in [0.05, 0.1) is 0 Å². The molecule has 0 saturated heterocycles. The van der Waals surface area contributed by atoms with Gasteiger partial charge in [-0.05, 0) is 0 Å². The van der Waals surface area contributed by atoms with Gasteiger partial charge in [-0.25, -0.2) is 0 Å². The van der Waals surface area contributed by atoms with E-state index in [0.717, 1.165) is 0 Å². The Morgan fingerprint density at radius 1 is 0.615 bits per heavy atom. The van der Waals surface area contributed by atoms with Gasteiger partial charge in [-0.1, -0.05) is 0 Å². The number of hydrogen-bond donors (Lipinski definition) is 0. The zero-order chi connectivity index (χ0) is 7.15. The summed E-state index contributed by atoms with van der Waals surface area (Å²) in [4.78, 5) is 0. The van der Waals surface area contributed by atoms with Crippen molar-refractivity contribution in [2.45, 2.75) is 0 Å². The van der Waals surface area contributed by atoms with Crippen LogP contribution in [0.1, 0.15) is 0 Å². The topological polar surface area (TPSA) is 138 Å². The summed E-state index contributed by atoms with van der Waals surface area (Å²) in [5.41, 5.74) is 0. The zero-order valence-corrected chi connectivity index (χ0v) is 11.3. The molecule has 56 valence electrons. The van der Waals surface area contributed by atoms with E-state index in [0.29, 0.717) is 0 Å². The quantitative estimate of drug-likeness (QED) is 0.369. The first-order valence-corrected chi connectivity index (χ1v) is 1.41. The van der Waals surface area contributed by atoms with E-state index in [2.05, 4.69) is 0 Å². The second-order valence-electron chi connectivity index (χ2n) is 0.577. The largest absolute Gasteiger partial charge is 2.00 e. The van der Waals surface area contributed by atoms with Gasteiger partial charge in [-0.2, -0.15) is 0 Å². The third-order valence-electron chi connectivity index (χ3n) is 0. The molecule has 0 bridgehead atoms. The summed E-state index contributed by atoms with van der Waals surface area (Å²) in [6.45, 7) is 0. The summed E-state index contributed by atoms with van der Waals surface area (Å²) in [5.74, 6) is 0. The average molecular weight is 218 g/mol. The molecule has 0 radical (unpaired) electrons. The SMILES string of the molecule is [Be+2].[Be+2].[Ca+2].[F-].[Na+].[O-]B([O-])[O-].[O-]B([O-])[O-]. The molecule has 0 rings (SSSR count). The smallest absolute Gasteiger partial charge is 1.00 e. The first kappa shape index (κ1) is 45.2. The van der Waals surface area contributed by atoms with Crippen molar-refractivity contribution >= 4 is 72.6 Å². The minimum absolute atomic E-state index is 0. The first-order chi connectivity index (χ1) is 3.46. The fourth-order valence-electron chi connectivity index (χ4n) is 0. The summed E-state index contributed by atoms with van der Waals surface area (Å²) in [7, 11) is -5.83. The number of rotatable bonds is 0. The molecule has 0 saturated carbocycles. The second kappa shape index (κ2) is 36.6. The van der Waals surface area contributed by atoms with E-state index >= 15 is 0 Å². The predicted molar refractivity (Wildman–Crippen MR) is 28.8 cm³/mol. The van der Waals surface area contributed by atoms with E-state index in [-0.39, 0.29) is 92.2 Å². The van der Waals surface area contributed by atoms with E-state index in [1.165, 1.54) is 0 Å². The summed E-state index contributed by atoms with van der Waals surface area (Å²) in [6, 6.07) is 0. The van der Waals surface area contributed by atoms with Gasteiger partial charge in [-0.15, -0.1) is 0 Å². The van der Waals surface area contributed by atoms with E-state index in [1.807, 2.05) is 0 Å². The molecular formula is B2Be2CaFNaO6. The molecule has 0 aromatic carbocycles. The minimum Gasteiger partial charge on any atom is -1.00 e. The minimum atomic E-state index is -2.92. The van der Waals surface area contributed by atoms with E-state index in [9.17, 15) is 0 Å². The molecule has 13 heteroatoms. The third-order valence-corrected chi connectivity index (χ3v) is 0. The third kappa shape index (κ3) is 380. The molecule has 13 heavy (non-hydrogen) atoms. The number of halogens is 1. The Balaban J connectivity index is -0.00000000800. The van der Waals surface area contributed by atoms with Gasteiger partial charge >= 0.3 is 87.5 Å². The van der Waals surface area contributed by atoms with Gasteiger partial charge in [0.15, 0.2) is 0 Å². The van der Waals surface area contributed by atoms with Crippen LogP contribution in [0.3, 0.4) is 0 Å². The number of hydrogen-bond acceptors (Lipinski definition) is 6. The molecule has 0 aliphatic carbocycles. The van der Waals surface area contributed by atoms with Gasteiger partial charge < -0.3 is 34.8 Å². The molecule has 0 aromatic rings. The molecule has 0 spiro atoms. The van der Waals surface area contributed by atoms with Crippen molar-refractivity contribution in [2.75, 3.05) is 0 Å². The van der Waals surface area contributed by atoms with Crippen LogP contribution in [0.4, 0.5) is 0 Å². The van der Waals surface area contributed by atoms with Gasteiger partial charge in [0, 0.05) is 0 Å². The van der Waals surface area contributed by atoms with Crippen LogP contribution in [0.25, 0.3) is 0 Å². The predicted octanol–water partition coefficient (Wildman–Crippen LogP) is -15.0. The van der Waals surface area contributed by atoms with Crippen molar-refractivity contribution in [3.63, 3.8) is 0 Å². The Labute approximate surface area is 135 Å². The zero-order valence-electron chi connectivity index (χ0n) is 7.10. The molecule has 0 fully saturated rings. The summed E-state index contributed by atoms with van der Waals surface area (Å²) >= 11 is 0. The van der Waals surface area contributed by atoms with Crippen LogP contribution < -0.4 is 64.4 Å². The molecule has 0 N–H and O–H groups in total. The van der Waals surface area contributed by atoms with E-state index in [1.54, 1.807) is 0 Å².